The van der Waals surface area contributed by atoms with Crippen molar-refractivity contribution in [1.82, 2.24) is 4.98 Å². The molecule has 0 aliphatic heterocycles. The molecule has 4 rings (SSSR count). The first-order chi connectivity index (χ1) is 10.0. The Labute approximate surface area is 130 Å². The molecule has 1 heterocycles. The van der Waals surface area contributed by atoms with Crippen LogP contribution in [-0.2, 0) is 12.0 Å². The van der Waals surface area contributed by atoms with Crippen molar-refractivity contribution in [2.75, 3.05) is 0 Å². The molecular formula is C18H22N2S. The second kappa shape index (κ2) is 4.65. The number of aryl methyl sites for hydroxylation is 1. The molecule has 110 valence electrons. The number of hydrogen-bond donors (Lipinski definition) is 1. The number of hydrogen-bond acceptors (Lipinski definition) is 3. The predicted molar refractivity (Wildman–Crippen MR) is 88.6 cm³/mol. The van der Waals surface area contributed by atoms with E-state index in [4.69, 9.17) is 10.7 Å². The van der Waals surface area contributed by atoms with Crippen LogP contribution < -0.4 is 5.73 Å². The lowest BCUT2D eigenvalue weighted by Crippen LogP contribution is -2.40. The highest BCUT2D eigenvalue weighted by atomic mass is 32.1. The van der Waals surface area contributed by atoms with E-state index in [2.05, 4.69) is 32.0 Å². The normalized spacial score (nSPS) is 27.5. The van der Waals surface area contributed by atoms with Crippen molar-refractivity contribution in [3.05, 3.63) is 39.2 Å². The number of rotatable bonds is 1. The van der Waals surface area contributed by atoms with Crippen molar-refractivity contribution in [1.29, 1.82) is 0 Å². The third-order valence-electron chi connectivity index (χ3n) is 5.03. The van der Waals surface area contributed by atoms with E-state index in [0.717, 1.165) is 25.2 Å². The topological polar surface area (TPSA) is 38.9 Å². The summed E-state index contributed by atoms with van der Waals surface area (Å²) in [5.41, 5.74) is 11.8. The van der Waals surface area contributed by atoms with E-state index < -0.39 is 0 Å². The average molecular weight is 298 g/mol. The number of fused-ring (bicyclic) bond motifs is 3. The Morgan fingerprint density at radius 3 is 3.05 bits per heavy atom. The van der Waals surface area contributed by atoms with E-state index in [0.29, 0.717) is 0 Å². The molecule has 2 aliphatic carbocycles. The van der Waals surface area contributed by atoms with Crippen LogP contribution in [0.5, 0.6) is 0 Å². The van der Waals surface area contributed by atoms with Crippen molar-refractivity contribution >= 4 is 11.3 Å². The Morgan fingerprint density at radius 1 is 1.38 bits per heavy atom. The molecule has 0 spiro atoms. The third kappa shape index (κ3) is 2.14. The summed E-state index contributed by atoms with van der Waals surface area (Å²) in [6.07, 6.45) is 5.75. The molecule has 1 saturated carbocycles. The highest BCUT2D eigenvalue weighted by molar-refractivity contribution is 7.12. The minimum absolute atomic E-state index is 0.184. The van der Waals surface area contributed by atoms with Gasteiger partial charge in [-0.15, -0.1) is 11.3 Å². The maximum Gasteiger partial charge on any atom is 0.113 e. The standard InChI is InChI=1S/C18H22N2S/c1-11-5-6-13-9-15-16(14(13)8-11)20-17(21-15)18(19)7-3-4-12(2)10-18/h5-6,8,12H,3-4,7,9-10,19H2,1-2H3. The molecule has 0 amide bonds. The summed E-state index contributed by atoms with van der Waals surface area (Å²) in [4.78, 5) is 6.41. The zero-order valence-corrected chi connectivity index (χ0v) is 13.6. The molecule has 0 radical (unpaired) electrons. The summed E-state index contributed by atoms with van der Waals surface area (Å²) in [6.45, 7) is 4.47. The molecule has 0 saturated heterocycles. The number of benzene rings is 1. The first-order valence-electron chi connectivity index (χ1n) is 7.94. The zero-order valence-electron chi connectivity index (χ0n) is 12.8. The highest BCUT2D eigenvalue weighted by Gasteiger charge is 2.37. The van der Waals surface area contributed by atoms with Crippen LogP contribution in [0.4, 0.5) is 0 Å². The van der Waals surface area contributed by atoms with Crippen molar-refractivity contribution in [3.63, 3.8) is 0 Å². The van der Waals surface area contributed by atoms with E-state index in [9.17, 15) is 0 Å². The number of nitrogens with two attached hydrogens (primary N) is 1. The fourth-order valence-corrected chi connectivity index (χ4v) is 5.16. The first-order valence-corrected chi connectivity index (χ1v) is 8.76. The molecule has 1 aromatic carbocycles. The van der Waals surface area contributed by atoms with Gasteiger partial charge >= 0.3 is 0 Å². The lowest BCUT2D eigenvalue weighted by molar-refractivity contribution is 0.238. The fourth-order valence-electron chi connectivity index (χ4n) is 3.92. The van der Waals surface area contributed by atoms with Gasteiger partial charge in [-0.1, -0.05) is 37.5 Å². The molecule has 2 atom stereocenters. The van der Waals surface area contributed by atoms with Gasteiger partial charge in [0.2, 0.25) is 0 Å². The molecule has 2 aromatic rings. The summed E-state index contributed by atoms with van der Waals surface area (Å²) in [6, 6.07) is 6.72. The van der Waals surface area contributed by atoms with E-state index in [1.165, 1.54) is 45.1 Å². The van der Waals surface area contributed by atoms with Crippen LogP contribution in [0, 0.1) is 12.8 Å². The Bertz CT molecular complexity index is 703. The van der Waals surface area contributed by atoms with Gasteiger partial charge in [0.1, 0.15) is 5.01 Å². The van der Waals surface area contributed by atoms with Crippen molar-refractivity contribution in [3.8, 4) is 11.3 Å². The van der Waals surface area contributed by atoms with Crippen LogP contribution in [0.25, 0.3) is 11.3 Å². The summed E-state index contributed by atoms with van der Waals surface area (Å²) < 4.78 is 0. The van der Waals surface area contributed by atoms with Crippen molar-refractivity contribution < 1.29 is 0 Å². The van der Waals surface area contributed by atoms with Crippen molar-refractivity contribution in [2.45, 2.75) is 51.5 Å². The second-order valence-electron chi connectivity index (χ2n) is 6.99. The van der Waals surface area contributed by atoms with Crippen LogP contribution >= 0.6 is 11.3 Å². The lowest BCUT2D eigenvalue weighted by atomic mass is 9.77. The van der Waals surface area contributed by atoms with Gasteiger partial charge in [0.15, 0.2) is 0 Å². The van der Waals surface area contributed by atoms with Gasteiger partial charge < -0.3 is 5.73 Å². The van der Waals surface area contributed by atoms with Gasteiger partial charge in [0.25, 0.3) is 0 Å². The smallest absolute Gasteiger partial charge is 0.113 e. The maximum atomic E-state index is 6.73. The summed E-state index contributed by atoms with van der Waals surface area (Å²) in [7, 11) is 0. The number of nitrogens with zero attached hydrogens (tertiary/aromatic N) is 1. The van der Waals surface area contributed by atoms with Gasteiger partial charge in [-0.05, 0) is 37.3 Å². The molecule has 0 bridgehead atoms. The molecule has 2 unspecified atom stereocenters. The quantitative estimate of drug-likeness (QED) is 0.724. The summed E-state index contributed by atoms with van der Waals surface area (Å²) in [5.74, 6) is 0.719. The fraction of sp³-hybridized carbons (Fsp3) is 0.500. The minimum atomic E-state index is -0.184. The molecule has 2 nitrogen and oxygen atoms in total. The van der Waals surface area contributed by atoms with Crippen LogP contribution in [0.2, 0.25) is 0 Å². The Morgan fingerprint density at radius 2 is 2.24 bits per heavy atom. The maximum absolute atomic E-state index is 6.73. The first kappa shape index (κ1) is 13.5. The number of aromatic nitrogens is 1. The van der Waals surface area contributed by atoms with E-state index in [1.54, 1.807) is 0 Å². The predicted octanol–water partition coefficient (Wildman–Crippen LogP) is 4.39. The van der Waals surface area contributed by atoms with Crippen molar-refractivity contribution in [2.24, 2.45) is 11.7 Å². The summed E-state index contributed by atoms with van der Waals surface area (Å²) in [5, 5.41) is 1.17. The minimum Gasteiger partial charge on any atom is -0.319 e. The van der Waals surface area contributed by atoms with E-state index in [1.807, 2.05) is 11.3 Å². The van der Waals surface area contributed by atoms with Gasteiger partial charge in [0.05, 0.1) is 11.2 Å². The molecule has 21 heavy (non-hydrogen) atoms. The molecule has 2 aliphatic rings. The van der Waals surface area contributed by atoms with Crippen LogP contribution in [-0.4, -0.2) is 4.98 Å². The molecule has 3 heteroatoms. The van der Waals surface area contributed by atoms with Gasteiger partial charge in [-0.25, -0.2) is 4.98 Å². The van der Waals surface area contributed by atoms with E-state index >= 15 is 0 Å². The van der Waals surface area contributed by atoms with Gasteiger partial charge in [-0.2, -0.15) is 0 Å². The SMILES string of the molecule is Cc1ccc2c(c1)-c1nc(C3(N)CCCC(C)C3)sc1C2. The van der Waals surface area contributed by atoms with Gasteiger partial charge in [-0.3, -0.25) is 0 Å². The van der Waals surface area contributed by atoms with Gasteiger partial charge in [0, 0.05) is 16.9 Å². The van der Waals surface area contributed by atoms with Crippen LogP contribution in [0.15, 0.2) is 18.2 Å². The number of thiazole rings is 1. The second-order valence-corrected chi connectivity index (χ2v) is 8.07. The molecule has 1 fully saturated rings. The molecular weight excluding hydrogens is 276 g/mol. The monoisotopic (exact) mass is 298 g/mol. The Hall–Kier alpha value is -1.19. The zero-order chi connectivity index (χ0) is 14.6. The lowest BCUT2D eigenvalue weighted by Gasteiger charge is -2.35. The Kier molecular flexibility index (Phi) is 2.98. The van der Waals surface area contributed by atoms with Crippen LogP contribution in [0.3, 0.4) is 0 Å². The molecule has 2 N–H and O–H groups in total. The highest BCUT2D eigenvalue weighted by Crippen LogP contribution is 2.45. The average Bonchev–Trinajstić information content (AvgIpc) is 2.97. The van der Waals surface area contributed by atoms with E-state index in [-0.39, 0.29) is 5.54 Å². The molecule has 1 aromatic heterocycles. The largest absolute Gasteiger partial charge is 0.319 e. The third-order valence-corrected chi connectivity index (χ3v) is 6.30. The summed E-state index contributed by atoms with van der Waals surface area (Å²) >= 11 is 1.86. The Balaban J connectivity index is 1.75. The van der Waals surface area contributed by atoms with Crippen LogP contribution in [0.1, 0.15) is 53.6 Å².